The fraction of sp³-hybridized carbons (Fsp3) is 0.500. The van der Waals surface area contributed by atoms with E-state index in [2.05, 4.69) is 4.72 Å². The lowest BCUT2D eigenvalue weighted by atomic mass is 10.3. The summed E-state index contributed by atoms with van der Waals surface area (Å²) >= 11 is 0. The van der Waals surface area contributed by atoms with E-state index in [1.165, 1.54) is 31.1 Å². The van der Waals surface area contributed by atoms with E-state index in [0.29, 0.717) is 18.7 Å². The number of hydrogen-bond acceptors (Lipinski definition) is 6. The van der Waals surface area contributed by atoms with Gasteiger partial charge in [0.15, 0.2) is 6.10 Å². The number of nitrogens with one attached hydrogen (secondary N) is 1. The maximum Gasteiger partial charge on any atom is 0.332 e. The molecule has 2 rings (SSSR count). The van der Waals surface area contributed by atoms with Crippen LogP contribution >= 0.6 is 0 Å². The number of hydrogen-bond donors (Lipinski definition) is 2. The van der Waals surface area contributed by atoms with Crippen molar-refractivity contribution in [2.45, 2.75) is 30.8 Å². The summed E-state index contributed by atoms with van der Waals surface area (Å²) in [4.78, 5) is 24.0. The molecule has 0 aliphatic carbocycles. The van der Waals surface area contributed by atoms with Crippen LogP contribution in [0.25, 0.3) is 0 Å². The molecule has 1 saturated heterocycles. The van der Waals surface area contributed by atoms with Gasteiger partial charge >= 0.3 is 5.97 Å². The molecular formula is C16H22N2O7S. The van der Waals surface area contributed by atoms with Crippen molar-refractivity contribution in [2.75, 3.05) is 31.7 Å². The van der Waals surface area contributed by atoms with Crippen LogP contribution in [0.15, 0.2) is 23.1 Å². The maximum absolute atomic E-state index is 12.6. The summed E-state index contributed by atoms with van der Waals surface area (Å²) in [6.07, 6.45) is 0.133. The number of ether oxygens (including phenoxy) is 2. The van der Waals surface area contributed by atoms with Gasteiger partial charge in [0.1, 0.15) is 10.6 Å². The van der Waals surface area contributed by atoms with E-state index in [-0.39, 0.29) is 29.7 Å². The Bertz CT molecular complexity index is 779. The molecule has 1 heterocycles. The Morgan fingerprint density at radius 3 is 2.73 bits per heavy atom. The molecule has 1 aliphatic heterocycles. The first-order chi connectivity index (χ1) is 12.3. The Hall–Kier alpha value is -2.17. The first-order valence-electron chi connectivity index (χ1n) is 8.08. The zero-order valence-electron chi connectivity index (χ0n) is 14.6. The Labute approximate surface area is 151 Å². The topological polar surface area (TPSA) is 122 Å². The Balaban J connectivity index is 2.13. The van der Waals surface area contributed by atoms with Gasteiger partial charge in [-0.15, -0.1) is 0 Å². The van der Waals surface area contributed by atoms with Gasteiger partial charge in [0.05, 0.1) is 13.7 Å². The van der Waals surface area contributed by atoms with Gasteiger partial charge < -0.3 is 19.5 Å². The molecule has 2 N–H and O–H groups in total. The van der Waals surface area contributed by atoms with Crippen LogP contribution in [0.2, 0.25) is 0 Å². The lowest BCUT2D eigenvalue weighted by molar-refractivity contribution is -0.148. The van der Waals surface area contributed by atoms with Crippen molar-refractivity contribution >= 4 is 27.6 Å². The normalized spacial score (nSPS) is 15.9. The predicted molar refractivity (Wildman–Crippen MR) is 92.8 cm³/mol. The number of carbonyl (C=O) groups excluding carboxylic acids is 1. The minimum Gasteiger partial charge on any atom is -0.495 e. The lowest BCUT2D eigenvalue weighted by Gasteiger charge is -2.18. The summed E-state index contributed by atoms with van der Waals surface area (Å²) in [5.41, 5.74) is 0.490. The number of carboxylic acid groups (broad SMARTS) is 1. The zero-order valence-corrected chi connectivity index (χ0v) is 15.4. The van der Waals surface area contributed by atoms with E-state index >= 15 is 0 Å². The second-order valence-corrected chi connectivity index (χ2v) is 7.47. The minimum atomic E-state index is -3.93. The number of anilines is 1. The second kappa shape index (κ2) is 8.47. The number of aliphatic carboxylic acids is 1. The second-order valence-electron chi connectivity index (χ2n) is 5.73. The molecule has 9 nitrogen and oxygen atoms in total. The van der Waals surface area contributed by atoms with Gasteiger partial charge in [-0.25, -0.2) is 17.9 Å². The lowest BCUT2D eigenvalue weighted by Crippen LogP contribution is -2.31. The summed E-state index contributed by atoms with van der Waals surface area (Å²) in [5, 5.41) is 8.73. The van der Waals surface area contributed by atoms with E-state index in [9.17, 15) is 18.0 Å². The molecular weight excluding hydrogens is 364 g/mol. The van der Waals surface area contributed by atoms with Crippen molar-refractivity contribution in [3.63, 3.8) is 0 Å². The summed E-state index contributed by atoms with van der Waals surface area (Å²) in [7, 11) is -2.58. The third-order valence-corrected chi connectivity index (χ3v) is 5.41. The van der Waals surface area contributed by atoms with Crippen molar-refractivity contribution in [1.29, 1.82) is 0 Å². The van der Waals surface area contributed by atoms with Crippen molar-refractivity contribution < 1.29 is 32.6 Å². The quantitative estimate of drug-likeness (QED) is 0.596. The Kier molecular flexibility index (Phi) is 6.57. The first kappa shape index (κ1) is 20.1. The molecule has 26 heavy (non-hydrogen) atoms. The van der Waals surface area contributed by atoms with Gasteiger partial charge in [-0.2, -0.15) is 0 Å². The number of methoxy groups -OCH3 is 1. The van der Waals surface area contributed by atoms with Crippen molar-refractivity contribution in [1.82, 2.24) is 4.72 Å². The minimum absolute atomic E-state index is 0.0532. The average Bonchev–Trinajstić information content (AvgIpc) is 3.03. The standard InChI is InChI=1S/C16H22N2O7S/c1-11(16(20)21)25-9-7-17-26(22,23)14-10-12(5-6-13(14)24-2)18-8-3-4-15(18)19/h5-6,10-11,17H,3-4,7-9H2,1-2H3,(H,20,21). The number of sulfonamides is 1. The smallest absolute Gasteiger partial charge is 0.332 e. The molecule has 1 amide bonds. The first-order valence-corrected chi connectivity index (χ1v) is 9.57. The third-order valence-electron chi connectivity index (χ3n) is 3.93. The molecule has 1 aliphatic rings. The zero-order chi connectivity index (χ0) is 19.3. The van der Waals surface area contributed by atoms with Gasteiger partial charge in [-0.1, -0.05) is 0 Å². The molecule has 1 aromatic rings. The van der Waals surface area contributed by atoms with Gasteiger partial charge in [0.2, 0.25) is 15.9 Å². The fourth-order valence-corrected chi connectivity index (χ4v) is 3.72. The molecule has 0 aromatic heterocycles. The molecule has 0 radical (unpaired) electrons. The number of carboxylic acids is 1. The van der Waals surface area contributed by atoms with Crippen LogP contribution in [0.1, 0.15) is 19.8 Å². The Morgan fingerprint density at radius 1 is 1.42 bits per heavy atom. The highest BCUT2D eigenvalue weighted by Crippen LogP contribution is 2.30. The van der Waals surface area contributed by atoms with Crippen LogP contribution in [-0.2, 0) is 24.3 Å². The summed E-state index contributed by atoms with van der Waals surface area (Å²) in [6, 6.07) is 4.53. The average molecular weight is 386 g/mol. The number of nitrogens with zero attached hydrogens (tertiary/aromatic N) is 1. The van der Waals surface area contributed by atoms with Gasteiger partial charge in [0.25, 0.3) is 0 Å². The van der Waals surface area contributed by atoms with E-state index in [1.807, 2.05) is 0 Å². The monoisotopic (exact) mass is 386 g/mol. The van der Waals surface area contributed by atoms with Crippen LogP contribution in [0.3, 0.4) is 0 Å². The summed E-state index contributed by atoms with van der Waals surface area (Å²) < 4.78 is 37.6. The Morgan fingerprint density at radius 2 is 2.15 bits per heavy atom. The molecule has 1 aromatic carbocycles. The van der Waals surface area contributed by atoms with E-state index in [4.69, 9.17) is 14.6 Å². The van der Waals surface area contributed by atoms with Crippen LogP contribution in [0.4, 0.5) is 5.69 Å². The van der Waals surface area contributed by atoms with Crippen LogP contribution < -0.4 is 14.4 Å². The van der Waals surface area contributed by atoms with Crippen molar-refractivity contribution in [3.8, 4) is 5.75 Å². The summed E-state index contributed by atoms with van der Waals surface area (Å²) in [5.74, 6) is -1.03. The van der Waals surface area contributed by atoms with E-state index in [0.717, 1.165) is 6.42 Å². The van der Waals surface area contributed by atoms with Crippen molar-refractivity contribution in [3.05, 3.63) is 18.2 Å². The molecule has 10 heteroatoms. The molecule has 1 unspecified atom stereocenters. The number of carbonyl (C=O) groups is 2. The number of amides is 1. The molecule has 1 atom stereocenters. The summed E-state index contributed by atoms with van der Waals surface area (Å²) in [6.45, 7) is 1.70. The molecule has 0 saturated carbocycles. The SMILES string of the molecule is COc1ccc(N2CCCC2=O)cc1S(=O)(=O)NCCOC(C)C(=O)O. The third kappa shape index (κ3) is 4.71. The highest BCUT2D eigenvalue weighted by molar-refractivity contribution is 7.89. The van der Waals surface area contributed by atoms with Crippen LogP contribution in [-0.4, -0.2) is 58.3 Å². The van der Waals surface area contributed by atoms with Crippen LogP contribution in [0, 0.1) is 0 Å². The van der Waals surface area contributed by atoms with Gasteiger partial charge in [-0.05, 0) is 31.5 Å². The van der Waals surface area contributed by atoms with Gasteiger partial charge in [-0.3, -0.25) is 4.79 Å². The molecule has 0 bridgehead atoms. The molecule has 1 fully saturated rings. The van der Waals surface area contributed by atoms with Gasteiger partial charge in [0, 0.05) is 25.2 Å². The molecule has 144 valence electrons. The molecule has 0 spiro atoms. The van der Waals surface area contributed by atoms with Crippen molar-refractivity contribution in [2.24, 2.45) is 0 Å². The van der Waals surface area contributed by atoms with E-state index < -0.39 is 22.1 Å². The van der Waals surface area contributed by atoms with E-state index in [1.54, 1.807) is 6.07 Å². The fourth-order valence-electron chi connectivity index (χ4n) is 2.53. The number of benzene rings is 1. The van der Waals surface area contributed by atoms with Crippen LogP contribution in [0.5, 0.6) is 5.75 Å². The number of rotatable bonds is 9. The predicted octanol–water partition coefficient (Wildman–Crippen LogP) is 0.590. The maximum atomic E-state index is 12.6. The highest BCUT2D eigenvalue weighted by atomic mass is 32.2. The largest absolute Gasteiger partial charge is 0.495 e. The highest BCUT2D eigenvalue weighted by Gasteiger charge is 2.26.